The number of nitrogens with two attached hydrogens (primary N) is 1. The Morgan fingerprint density at radius 2 is 2.21 bits per heavy atom. The minimum absolute atomic E-state index is 0. The van der Waals surface area contributed by atoms with Crippen molar-refractivity contribution in [1.29, 1.82) is 0 Å². The summed E-state index contributed by atoms with van der Waals surface area (Å²) in [6, 6.07) is -0.0356. The van der Waals surface area contributed by atoms with Gasteiger partial charge in [-0.1, -0.05) is 13.3 Å². The standard InChI is InChI=1S/C11H24N4O2S.HI/c1-3-4-7-13-11(12)14-9-10-6-5-8-15(10)18(2,16)17;/h10H,3-9H2,1-2H3,(H3,12,13,14);1H/t10-;/m1./s1. The zero-order valence-electron chi connectivity index (χ0n) is 11.6. The van der Waals surface area contributed by atoms with Crippen molar-refractivity contribution >= 4 is 40.0 Å². The van der Waals surface area contributed by atoms with E-state index in [4.69, 9.17) is 5.73 Å². The molecule has 0 bridgehead atoms. The number of halogens is 1. The predicted octanol–water partition coefficient (Wildman–Crippen LogP) is 0.733. The van der Waals surface area contributed by atoms with Gasteiger partial charge in [-0.25, -0.2) is 8.42 Å². The van der Waals surface area contributed by atoms with Crippen LogP contribution in [0.2, 0.25) is 0 Å². The van der Waals surface area contributed by atoms with Crippen LogP contribution in [-0.4, -0.2) is 50.6 Å². The average molecular weight is 404 g/mol. The van der Waals surface area contributed by atoms with E-state index in [0.29, 0.717) is 19.0 Å². The maximum atomic E-state index is 11.5. The second-order valence-corrected chi connectivity index (χ2v) is 6.61. The molecule has 0 radical (unpaired) electrons. The topological polar surface area (TPSA) is 87.8 Å². The number of nitrogens with zero attached hydrogens (tertiary/aromatic N) is 2. The fourth-order valence-electron chi connectivity index (χ4n) is 2.08. The van der Waals surface area contributed by atoms with Crippen molar-refractivity contribution in [3.8, 4) is 0 Å². The molecule has 1 heterocycles. The second-order valence-electron chi connectivity index (χ2n) is 4.68. The first-order chi connectivity index (χ1) is 8.45. The number of hydrogen-bond donors (Lipinski definition) is 2. The van der Waals surface area contributed by atoms with Crippen LogP contribution in [0.25, 0.3) is 0 Å². The van der Waals surface area contributed by atoms with Gasteiger partial charge < -0.3 is 11.1 Å². The van der Waals surface area contributed by atoms with Crippen LogP contribution in [0.5, 0.6) is 0 Å². The molecule has 1 aliphatic heterocycles. The summed E-state index contributed by atoms with van der Waals surface area (Å²) >= 11 is 0. The highest BCUT2D eigenvalue weighted by Gasteiger charge is 2.30. The third-order valence-corrected chi connectivity index (χ3v) is 4.39. The summed E-state index contributed by atoms with van der Waals surface area (Å²) in [5, 5.41) is 3.02. The van der Waals surface area contributed by atoms with E-state index in [1.807, 2.05) is 0 Å². The molecule has 1 fully saturated rings. The molecular weight excluding hydrogens is 379 g/mol. The smallest absolute Gasteiger partial charge is 0.211 e. The average Bonchev–Trinajstić information content (AvgIpc) is 2.74. The number of unbranched alkanes of at least 4 members (excludes halogenated alkanes) is 1. The first kappa shape index (κ1) is 18.9. The van der Waals surface area contributed by atoms with Gasteiger partial charge in [-0.3, -0.25) is 4.99 Å². The number of hydrogen-bond acceptors (Lipinski definition) is 3. The summed E-state index contributed by atoms with van der Waals surface area (Å²) in [7, 11) is -3.12. The molecule has 0 aromatic rings. The van der Waals surface area contributed by atoms with Crippen molar-refractivity contribution in [3.05, 3.63) is 0 Å². The van der Waals surface area contributed by atoms with Crippen LogP contribution in [0.4, 0.5) is 0 Å². The molecule has 6 nitrogen and oxygen atoms in total. The second kappa shape index (κ2) is 8.96. The molecule has 19 heavy (non-hydrogen) atoms. The molecule has 1 rings (SSSR count). The molecule has 0 unspecified atom stereocenters. The van der Waals surface area contributed by atoms with Gasteiger partial charge in [-0.2, -0.15) is 4.31 Å². The van der Waals surface area contributed by atoms with Crippen molar-refractivity contribution in [2.75, 3.05) is 25.9 Å². The third-order valence-electron chi connectivity index (χ3n) is 3.06. The number of aliphatic imine (C=N–C) groups is 1. The maximum absolute atomic E-state index is 11.5. The lowest BCUT2D eigenvalue weighted by molar-refractivity contribution is 0.397. The molecule has 1 atom stereocenters. The molecule has 0 aromatic carbocycles. The highest BCUT2D eigenvalue weighted by Crippen LogP contribution is 2.20. The molecule has 3 N–H and O–H groups in total. The van der Waals surface area contributed by atoms with Crippen LogP contribution in [0.15, 0.2) is 4.99 Å². The monoisotopic (exact) mass is 404 g/mol. The zero-order valence-corrected chi connectivity index (χ0v) is 14.8. The van der Waals surface area contributed by atoms with Crippen LogP contribution < -0.4 is 11.1 Å². The Bertz CT molecular complexity index is 386. The SMILES string of the molecule is CCCCNC(N)=NC[C@H]1CCCN1S(C)(=O)=O.I. The zero-order chi connectivity index (χ0) is 13.6. The van der Waals surface area contributed by atoms with E-state index >= 15 is 0 Å². The molecule has 0 saturated carbocycles. The molecule has 1 aliphatic rings. The van der Waals surface area contributed by atoms with Gasteiger partial charge in [-0.15, -0.1) is 24.0 Å². The van der Waals surface area contributed by atoms with Gasteiger partial charge >= 0.3 is 0 Å². The Balaban J connectivity index is 0.00000324. The molecule has 114 valence electrons. The van der Waals surface area contributed by atoms with Crippen molar-refractivity contribution in [2.45, 2.75) is 38.6 Å². The summed E-state index contributed by atoms with van der Waals surface area (Å²) in [5.41, 5.74) is 5.72. The van der Waals surface area contributed by atoms with E-state index < -0.39 is 10.0 Å². The highest BCUT2D eigenvalue weighted by molar-refractivity contribution is 14.0. The molecule has 0 amide bonds. The van der Waals surface area contributed by atoms with Crippen molar-refractivity contribution < 1.29 is 8.42 Å². The van der Waals surface area contributed by atoms with Crippen LogP contribution in [-0.2, 0) is 10.0 Å². The van der Waals surface area contributed by atoms with Gasteiger partial charge in [0.15, 0.2) is 5.96 Å². The minimum atomic E-state index is -3.12. The van der Waals surface area contributed by atoms with Crippen LogP contribution in [0.3, 0.4) is 0 Å². The fourth-order valence-corrected chi connectivity index (χ4v) is 3.26. The van der Waals surface area contributed by atoms with Crippen molar-refractivity contribution in [1.82, 2.24) is 9.62 Å². The highest BCUT2D eigenvalue weighted by atomic mass is 127. The molecular formula is C11H25IN4O2S. The quantitative estimate of drug-likeness (QED) is 0.296. The lowest BCUT2D eigenvalue weighted by Crippen LogP contribution is -2.38. The Morgan fingerprint density at radius 1 is 1.53 bits per heavy atom. The molecule has 0 aliphatic carbocycles. The molecule has 0 spiro atoms. The van der Waals surface area contributed by atoms with Gasteiger partial charge in [0.25, 0.3) is 0 Å². The summed E-state index contributed by atoms with van der Waals surface area (Å²) in [5.74, 6) is 0.406. The van der Waals surface area contributed by atoms with Gasteiger partial charge in [0.2, 0.25) is 10.0 Å². The van der Waals surface area contributed by atoms with E-state index in [1.165, 1.54) is 10.6 Å². The first-order valence-electron chi connectivity index (χ1n) is 6.45. The van der Waals surface area contributed by atoms with Gasteiger partial charge in [0.1, 0.15) is 0 Å². The Hall–Kier alpha value is -0.0900. The van der Waals surface area contributed by atoms with Crippen molar-refractivity contribution in [2.24, 2.45) is 10.7 Å². The van der Waals surface area contributed by atoms with Crippen molar-refractivity contribution in [3.63, 3.8) is 0 Å². The molecule has 1 saturated heterocycles. The fraction of sp³-hybridized carbons (Fsp3) is 0.909. The van der Waals surface area contributed by atoms with E-state index in [9.17, 15) is 8.42 Å². The maximum Gasteiger partial charge on any atom is 0.211 e. The number of rotatable bonds is 6. The van der Waals surface area contributed by atoms with Gasteiger partial charge in [-0.05, 0) is 19.3 Å². The van der Waals surface area contributed by atoms with E-state index in [0.717, 1.165) is 32.2 Å². The number of guanidine groups is 1. The lowest BCUT2D eigenvalue weighted by atomic mass is 10.2. The van der Waals surface area contributed by atoms with E-state index in [-0.39, 0.29) is 30.0 Å². The summed E-state index contributed by atoms with van der Waals surface area (Å²) < 4.78 is 24.6. The Kier molecular flexibility index (Phi) is 8.92. The predicted molar refractivity (Wildman–Crippen MR) is 89.4 cm³/mol. The molecule has 0 aromatic heterocycles. The van der Waals surface area contributed by atoms with Gasteiger partial charge in [0.05, 0.1) is 12.8 Å². The summed E-state index contributed by atoms with van der Waals surface area (Å²) in [6.45, 7) is 3.96. The minimum Gasteiger partial charge on any atom is -0.370 e. The normalized spacial score (nSPS) is 21.2. The van der Waals surface area contributed by atoms with Crippen LogP contribution in [0.1, 0.15) is 32.6 Å². The summed E-state index contributed by atoms with van der Waals surface area (Å²) in [6.07, 6.45) is 5.16. The van der Waals surface area contributed by atoms with E-state index in [2.05, 4.69) is 17.2 Å². The number of sulfonamides is 1. The van der Waals surface area contributed by atoms with E-state index in [1.54, 1.807) is 0 Å². The van der Waals surface area contributed by atoms with Crippen LogP contribution in [0, 0.1) is 0 Å². The van der Waals surface area contributed by atoms with Gasteiger partial charge in [0, 0.05) is 19.1 Å². The lowest BCUT2D eigenvalue weighted by Gasteiger charge is -2.20. The summed E-state index contributed by atoms with van der Waals surface area (Å²) in [4.78, 5) is 4.22. The number of nitrogens with one attached hydrogen (secondary N) is 1. The van der Waals surface area contributed by atoms with Crippen LogP contribution >= 0.6 is 24.0 Å². The largest absolute Gasteiger partial charge is 0.370 e. The molecule has 8 heteroatoms. The Morgan fingerprint density at radius 3 is 2.79 bits per heavy atom. The Labute approximate surface area is 133 Å². The first-order valence-corrected chi connectivity index (χ1v) is 8.30. The third kappa shape index (κ3) is 6.75.